The van der Waals surface area contributed by atoms with Crippen LogP contribution >= 0.6 is 11.3 Å². The number of nitrogens with zero attached hydrogens (tertiary/aromatic N) is 1. The highest BCUT2D eigenvalue weighted by molar-refractivity contribution is 7.09. The van der Waals surface area contributed by atoms with Gasteiger partial charge in [-0.25, -0.2) is 4.98 Å². The van der Waals surface area contributed by atoms with E-state index in [2.05, 4.69) is 10.3 Å². The Balaban J connectivity index is 2.11. The molecule has 2 N–H and O–H groups in total. The van der Waals surface area contributed by atoms with Crippen molar-refractivity contribution in [3.63, 3.8) is 0 Å². The highest BCUT2D eigenvalue weighted by Gasteiger charge is 2.09. The van der Waals surface area contributed by atoms with Gasteiger partial charge in [0.15, 0.2) is 0 Å². The van der Waals surface area contributed by atoms with Crippen molar-refractivity contribution in [2.75, 3.05) is 6.54 Å². The van der Waals surface area contributed by atoms with Crippen molar-refractivity contribution in [3.05, 3.63) is 16.6 Å². The van der Waals surface area contributed by atoms with E-state index in [9.17, 15) is 9.59 Å². The highest BCUT2D eigenvalue weighted by atomic mass is 32.1. The molecule has 1 amide bonds. The first-order valence-electron chi connectivity index (χ1n) is 5.97. The van der Waals surface area contributed by atoms with Crippen LogP contribution in [0.4, 0.5) is 0 Å². The summed E-state index contributed by atoms with van der Waals surface area (Å²) in [5, 5.41) is 14.2. The summed E-state index contributed by atoms with van der Waals surface area (Å²) in [5.41, 5.74) is 0. The van der Waals surface area contributed by atoms with Crippen molar-refractivity contribution >= 4 is 23.2 Å². The Morgan fingerprint density at radius 2 is 2.17 bits per heavy atom. The highest BCUT2D eigenvalue weighted by Crippen LogP contribution is 2.16. The molecule has 0 spiro atoms. The maximum Gasteiger partial charge on any atom is 0.303 e. The molecule has 5 nitrogen and oxygen atoms in total. The maximum atomic E-state index is 11.5. The number of aromatic nitrogens is 1. The van der Waals surface area contributed by atoms with Crippen LogP contribution in [-0.2, 0) is 9.59 Å². The second-order valence-electron chi connectivity index (χ2n) is 4.18. The van der Waals surface area contributed by atoms with Crippen molar-refractivity contribution in [1.29, 1.82) is 0 Å². The zero-order chi connectivity index (χ0) is 13.4. The lowest BCUT2D eigenvalue weighted by Gasteiger charge is -2.09. The molecule has 0 fully saturated rings. The topological polar surface area (TPSA) is 79.3 Å². The minimum Gasteiger partial charge on any atom is -0.481 e. The molecule has 1 aromatic rings. The summed E-state index contributed by atoms with van der Waals surface area (Å²) in [7, 11) is 0. The summed E-state index contributed by atoms with van der Waals surface area (Å²) < 4.78 is 0. The van der Waals surface area contributed by atoms with E-state index in [1.807, 2.05) is 12.3 Å². The molecular weight excluding hydrogens is 252 g/mol. The van der Waals surface area contributed by atoms with Gasteiger partial charge in [0.25, 0.3) is 0 Å². The van der Waals surface area contributed by atoms with Gasteiger partial charge in [-0.05, 0) is 12.8 Å². The van der Waals surface area contributed by atoms with Gasteiger partial charge in [-0.2, -0.15) is 0 Å². The van der Waals surface area contributed by atoms with Gasteiger partial charge in [0.2, 0.25) is 5.91 Å². The smallest absolute Gasteiger partial charge is 0.303 e. The molecule has 0 radical (unpaired) electrons. The predicted octanol–water partition coefficient (Wildman–Crippen LogP) is 2.01. The van der Waals surface area contributed by atoms with Crippen LogP contribution in [0, 0.1) is 0 Å². The second kappa shape index (κ2) is 7.81. The lowest BCUT2D eigenvalue weighted by atomic mass is 10.1. The van der Waals surface area contributed by atoms with Crippen LogP contribution in [0.1, 0.15) is 43.5 Å². The zero-order valence-electron chi connectivity index (χ0n) is 10.4. The van der Waals surface area contributed by atoms with E-state index < -0.39 is 5.97 Å². The fourth-order valence-electron chi connectivity index (χ4n) is 1.48. The molecule has 1 unspecified atom stereocenters. The normalized spacial score (nSPS) is 12.1. The first-order valence-corrected chi connectivity index (χ1v) is 6.85. The van der Waals surface area contributed by atoms with Crippen molar-refractivity contribution in [2.45, 2.75) is 38.5 Å². The Labute approximate surface area is 110 Å². The lowest BCUT2D eigenvalue weighted by molar-refractivity contribution is -0.137. The number of carbonyl (C=O) groups is 2. The van der Waals surface area contributed by atoms with Crippen LogP contribution in [0.3, 0.4) is 0 Å². The molecule has 0 bridgehead atoms. The van der Waals surface area contributed by atoms with Gasteiger partial charge in [0, 0.05) is 36.9 Å². The van der Waals surface area contributed by atoms with Gasteiger partial charge in [-0.1, -0.05) is 6.92 Å². The van der Waals surface area contributed by atoms with Crippen LogP contribution in [-0.4, -0.2) is 28.5 Å². The third-order valence-corrected chi connectivity index (χ3v) is 3.53. The summed E-state index contributed by atoms with van der Waals surface area (Å²) in [4.78, 5) is 26.0. The van der Waals surface area contributed by atoms with Gasteiger partial charge in [-0.3, -0.25) is 9.59 Å². The third-order valence-electron chi connectivity index (χ3n) is 2.52. The van der Waals surface area contributed by atoms with Crippen molar-refractivity contribution < 1.29 is 14.7 Å². The summed E-state index contributed by atoms with van der Waals surface area (Å²) in [6.45, 7) is 2.59. The van der Waals surface area contributed by atoms with Gasteiger partial charge < -0.3 is 10.4 Å². The predicted molar refractivity (Wildman–Crippen MR) is 69.6 cm³/mol. The number of rotatable bonds is 8. The Morgan fingerprint density at radius 3 is 2.78 bits per heavy atom. The molecule has 6 heteroatoms. The Hall–Kier alpha value is -1.43. The number of aliphatic carboxylic acids is 1. The van der Waals surface area contributed by atoms with Crippen molar-refractivity contribution in [3.8, 4) is 0 Å². The average Bonchev–Trinajstić information content (AvgIpc) is 2.85. The molecule has 100 valence electrons. The van der Waals surface area contributed by atoms with Crippen LogP contribution < -0.4 is 5.32 Å². The number of carboxylic acid groups (broad SMARTS) is 1. The molecule has 1 aromatic heterocycles. The summed E-state index contributed by atoms with van der Waals surface area (Å²) >= 11 is 1.58. The van der Waals surface area contributed by atoms with Gasteiger partial charge in [0.05, 0.1) is 5.01 Å². The van der Waals surface area contributed by atoms with Crippen LogP contribution in [0.25, 0.3) is 0 Å². The number of carboxylic acids is 1. The van der Waals surface area contributed by atoms with E-state index in [0.29, 0.717) is 25.8 Å². The number of amides is 1. The summed E-state index contributed by atoms with van der Waals surface area (Å²) in [5.74, 6) is -0.621. The van der Waals surface area contributed by atoms with Crippen molar-refractivity contribution in [1.82, 2.24) is 10.3 Å². The molecule has 0 aliphatic rings. The summed E-state index contributed by atoms with van der Waals surface area (Å²) in [6.07, 6.45) is 3.43. The monoisotopic (exact) mass is 270 g/mol. The third kappa shape index (κ3) is 5.77. The van der Waals surface area contributed by atoms with Gasteiger partial charge in [0.1, 0.15) is 0 Å². The lowest BCUT2D eigenvalue weighted by Crippen LogP contribution is -2.27. The molecule has 18 heavy (non-hydrogen) atoms. The largest absolute Gasteiger partial charge is 0.481 e. The Bertz CT molecular complexity index is 379. The van der Waals surface area contributed by atoms with Crippen LogP contribution in [0.5, 0.6) is 0 Å². The van der Waals surface area contributed by atoms with Gasteiger partial charge >= 0.3 is 5.97 Å². The first-order chi connectivity index (χ1) is 8.59. The molecule has 0 saturated heterocycles. The standard InChI is InChI=1S/C12H18N2O3S/c1-9(12-13-6-7-18-12)8-14-10(15)4-2-3-5-11(16)17/h6-7,9H,2-5,8H2,1H3,(H,14,15)(H,16,17). The number of hydrogen-bond donors (Lipinski definition) is 2. The minimum atomic E-state index is -0.812. The maximum absolute atomic E-state index is 11.5. The molecule has 1 heterocycles. The zero-order valence-corrected chi connectivity index (χ0v) is 11.2. The number of nitrogens with one attached hydrogen (secondary N) is 1. The number of unbranched alkanes of at least 4 members (excludes halogenated alkanes) is 1. The van der Waals surface area contributed by atoms with Crippen LogP contribution in [0.2, 0.25) is 0 Å². The van der Waals surface area contributed by atoms with E-state index in [1.165, 1.54) is 0 Å². The van der Waals surface area contributed by atoms with E-state index >= 15 is 0 Å². The quantitative estimate of drug-likeness (QED) is 0.708. The molecule has 1 rings (SSSR count). The van der Waals surface area contributed by atoms with E-state index in [1.54, 1.807) is 17.5 Å². The van der Waals surface area contributed by atoms with Gasteiger partial charge in [-0.15, -0.1) is 11.3 Å². The molecule has 0 aliphatic heterocycles. The number of thiazole rings is 1. The fourth-order valence-corrected chi connectivity index (χ4v) is 2.18. The average molecular weight is 270 g/mol. The molecule has 0 aromatic carbocycles. The first kappa shape index (κ1) is 14.6. The molecule has 1 atom stereocenters. The SMILES string of the molecule is CC(CNC(=O)CCCCC(=O)O)c1nccs1. The van der Waals surface area contributed by atoms with E-state index in [-0.39, 0.29) is 18.2 Å². The van der Waals surface area contributed by atoms with E-state index in [4.69, 9.17) is 5.11 Å². The fraction of sp³-hybridized carbons (Fsp3) is 0.583. The van der Waals surface area contributed by atoms with E-state index in [0.717, 1.165) is 5.01 Å². The molecular formula is C12H18N2O3S. The van der Waals surface area contributed by atoms with Crippen LogP contribution in [0.15, 0.2) is 11.6 Å². The van der Waals surface area contributed by atoms with Crippen molar-refractivity contribution in [2.24, 2.45) is 0 Å². The molecule has 0 saturated carbocycles. The number of carbonyl (C=O) groups excluding carboxylic acids is 1. The minimum absolute atomic E-state index is 0.0243. The Morgan fingerprint density at radius 1 is 1.44 bits per heavy atom. The number of hydrogen-bond acceptors (Lipinski definition) is 4. The summed E-state index contributed by atoms with van der Waals surface area (Å²) in [6, 6.07) is 0. The Kier molecular flexibility index (Phi) is 6.35. The second-order valence-corrected chi connectivity index (χ2v) is 5.10. The molecule has 0 aliphatic carbocycles.